The van der Waals surface area contributed by atoms with Crippen LogP contribution in [-0.2, 0) is 0 Å². The van der Waals surface area contributed by atoms with Crippen molar-refractivity contribution in [2.75, 3.05) is 18.0 Å². The first-order valence-corrected chi connectivity index (χ1v) is 10.9. The minimum absolute atomic E-state index is 0.285. The van der Waals surface area contributed by atoms with Crippen molar-refractivity contribution in [1.82, 2.24) is 25.6 Å². The third kappa shape index (κ3) is 5.09. The Bertz CT molecular complexity index is 1300. The van der Waals surface area contributed by atoms with E-state index in [2.05, 4.69) is 25.6 Å². The molecule has 9 heteroatoms. The van der Waals surface area contributed by atoms with E-state index in [4.69, 9.17) is 4.74 Å². The minimum Gasteiger partial charge on any atom is -0.410 e. The number of benzene rings is 2. The quantitative estimate of drug-likeness (QED) is 0.436. The zero-order valence-corrected chi connectivity index (χ0v) is 18.9. The van der Waals surface area contributed by atoms with Crippen molar-refractivity contribution in [2.45, 2.75) is 13.8 Å². The highest BCUT2D eigenvalue weighted by Crippen LogP contribution is 2.26. The molecule has 34 heavy (non-hydrogen) atoms. The summed E-state index contributed by atoms with van der Waals surface area (Å²) in [6, 6.07) is 19.5. The Hall–Kier alpha value is -4.53. The topological polar surface area (TPSA) is 109 Å². The van der Waals surface area contributed by atoms with Gasteiger partial charge in [-0.3, -0.25) is 4.98 Å². The summed E-state index contributed by atoms with van der Waals surface area (Å²) in [6.07, 6.45) is 1.15. The molecular weight excluding hydrogens is 432 g/mol. The number of ether oxygens (including phenoxy) is 1. The second-order valence-electron chi connectivity index (χ2n) is 7.22. The van der Waals surface area contributed by atoms with Crippen LogP contribution in [0.1, 0.15) is 13.8 Å². The number of urea groups is 1. The number of carbonyl (C=O) groups is 2. The van der Waals surface area contributed by atoms with E-state index in [1.165, 1.54) is 4.90 Å². The van der Waals surface area contributed by atoms with Gasteiger partial charge in [0.05, 0.1) is 17.6 Å². The van der Waals surface area contributed by atoms with E-state index in [-0.39, 0.29) is 6.03 Å². The van der Waals surface area contributed by atoms with Crippen molar-refractivity contribution in [3.63, 3.8) is 0 Å². The Morgan fingerprint density at radius 1 is 0.882 bits per heavy atom. The van der Waals surface area contributed by atoms with Crippen LogP contribution in [0.2, 0.25) is 0 Å². The molecule has 172 valence electrons. The van der Waals surface area contributed by atoms with Gasteiger partial charge < -0.3 is 15.4 Å². The number of nitrogens with zero attached hydrogens (tertiary/aromatic N) is 4. The van der Waals surface area contributed by atoms with E-state index >= 15 is 0 Å². The molecule has 0 fully saturated rings. The average molecular weight is 457 g/mol. The number of hydrogen-bond acceptors (Lipinski definition) is 6. The second-order valence-corrected chi connectivity index (χ2v) is 7.22. The van der Waals surface area contributed by atoms with Crippen LogP contribution in [0.15, 0.2) is 72.9 Å². The Kier molecular flexibility index (Phi) is 6.92. The number of carbonyl (C=O) groups excluding carboxylic acids is 2. The molecule has 0 aliphatic heterocycles. The van der Waals surface area contributed by atoms with Crippen LogP contribution >= 0.6 is 0 Å². The van der Waals surface area contributed by atoms with Crippen molar-refractivity contribution in [3.8, 4) is 17.0 Å². The second kappa shape index (κ2) is 10.4. The van der Waals surface area contributed by atoms with Gasteiger partial charge in [0.2, 0.25) is 0 Å². The van der Waals surface area contributed by atoms with Crippen LogP contribution < -0.4 is 20.3 Å². The maximum Gasteiger partial charge on any atom is 0.412 e. The number of nitrogens with one attached hydrogen (secondary N) is 2. The summed E-state index contributed by atoms with van der Waals surface area (Å²) in [4.78, 5) is 39.7. The van der Waals surface area contributed by atoms with E-state index < -0.39 is 6.09 Å². The molecule has 2 N–H and O–H groups in total. The van der Waals surface area contributed by atoms with Gasteiger partial charge in [-0.15, -0.1) is 0 Å². The normalized spacial score (nSPS) is 10.5. The molecule has 2 heterocycles. The maximum absolute atomic E-state index is 12.8. The van der Waals surface area contributed by atoms with Crippen molar-refractivity contribution in [3.05, 3.63) is 72.9 Å². The summed E-state index contributed by atoms with van der Waals surface area (Å²) in [5.41, 5.74) is 3.09. The number of anilines is 2. The molecule has 2 aromatic carbocycles. The lowest BCUT2D eigenvalue weighted by Crippen LogP contribution is -2.37. The van der Waals surface area contributed by atoms with Crippen LogP contribution in [0.25, 0.3) is 22.4 Å². The van der Waals surface area contributed by atoms with Gasteiger partial charge >= 0.3 is 12.1 Å². The molecule has 9 nitrogen and oxygen atoms in total. The lowest BCUT2D eigenvalue weighted by Gasteiger charge is -2.22. The average Bonchev–Trinajstić information content (AvgIpc) is 2.85. The molecule has 0 aliphatic carbocycles. The van der Waals surface area contributed by atoms with E-state index in [9.17, 15) is 9.59 Å². The molecule has 0 bridgehead atoms. The van der Waals surface area contributed by atoms with Crippen LogP contribution in [0.3, 0.4) is 0 Å². The molecule has 0 radical (unpaired) electrons. The first-order valence-electron chi connectivity index (χ1n) is 10.9. The van der Waals surface area contributed by atoms with Gasteiger partial charge in [0, 0.05) is 18.7 Å². The standard InChI is InChI=1S/C25H24N6O3/c1-3-26-24(32)31(18-8-6-5-7-9-18)22-15-14-20-23(30-22)29-21(16-28-20)17-10-12-19(13-11-17)34-25(33)27-4-2/h5-16H,3-4H2,1-2H3,(H,26,32)(H,27,33). The molecule has 0 saturated carbocycles. The number of fused-ring (bicyclic) bond motifs is 1. The highest BCUT2D eigenvalue weighted by molar-refractivity contribution is 5.99. The summed E-state index contributed by atoms with van der Waals surface area (Å²) in [5, 5.41) is 5.40. The van der Waals surface area contributed by atoms with Crippen LogP contribution in [0.4, 0.5) is 21.1 Å². The highest BCUT2D eigenvalue weighted by atomic mass is 16.6. The van der Waals surface area contributed by atoms with Crippen molar-refractivity contribution >= 4 is 34.8 Å². The smallest absolute Gasteiger partial charge is 0.410 e. The summed E-state index contributed by atoms with van der Waals surface area (Å²) in [7, 11) is 0. The van der Waals surface area contributed by atoms with Crippen LogP contribution in [0.5, 0.6) is 5.75 Å². The summed E-state index contributed by atoms with van der Waals surface area (Å²) >= 11 is 0. The van der Waals surface area contributed by atoms with Gasteiger partial charge in [0.25, 0.3) is 0 Å². The lowest BCUT2D eigenvalue weighted by atomic mass is 10.1. The molecule has 0 spiro atoms. The van der Waals surface area contributed by atoms with Gasteiger partial charge in [-0.25, -0.2) is 24.5 Å². The minimum atomic E-state index is -0.507. The van der Waals surface area contributed by atoms with E-state index in [0.29, 0.717) is 47.2 Å². The predicted molar refractivity (Wildman–Crippen MR) is 130 cm³/mol. The van der Waals surface area contributed by atoms with Gasteiger partial charge in [0.1, 0.15) is 17.1 Å². The van der Waals surface area contributed by atoms with Crippen molar-refractivity contribution in [2.24, 2.45) is 0 Å². The number of aromatic nitrogens is 3. The molecule has 0 aliphatic rings. The number of amides is 3. The Balaban J connectivity index is 1.66. The van der Waals surface area contributed by atoms with Crippen LogP contribution in [0, 0.1) is 0 Å². The third-order valence-corrected chi connectivity index (χ3v) is 4.85. The molecule has 0 unspecified atom stereocenters. The third-order valence-electron chi connectivity index (χ3n) is 4.85. The van der Waals surface area contributed by atoms with E-state index in [0.717, 1.165) is 5.56 Å². The van der Waals surface area contributed by atoms with E-state index in [1.54, 1.807) is 42.6 Å². The Morgan fingerprint density at radius 3 is 2.32 bits per heavy atom. The number of pyridine rings is 1. The van der Waals surface area contributed by atoms with Crippen LogP contribution in [-0.4, -0.2) is 40.2 Å². The SMILES string of the molecule is CCNC(=O)Oc1ccc(-c2cnc3ccc(N(C(=O)NCC)c4ccccc4)nc3n2)cc1. The molecular formula is C25H24N6O3. The first kappa shape index (κ1) is 22.7. The Labute approximate surface area is 196 Å². The van der Waals surface area contributed by atoms with Gasteiger partial charge in [-0.2, -0.15) is 0 Å². The van der Waals surface area contributed by atoms with Gasteiger partial charge in [-0.05, 0) is 62.4 Å². The monoisotopic (exact) mass is 456 g/mol. The summed E-state index contributed by atoms with van der Waals surface area (Å²) in [6.45, 7) is 4.65. The number of hydrogen-bond donors (Lipinski definition) is 2. The maximum atomic E-state index is 12.8. The summed E-state index contributed by atoms with van der Waals surface area (Å²) in [5.74, 6) is 0.853. The number of rotatable bonds is 6. The fourth-order valence-electron chi connectivity index (χ4n) is 3.29. The molecule has 3 amide bonds. The largest absolute Gasteiger partial charge is 0.412 e. The van der Waals surface area contributed by atoms with E-state index in [1.807, 2.05) is 44.2 Å². The summed E-state index contributed by atoms with van der Waals surface area (Å²) < 4.78 is 5.20. The fraction of sp³-hybridized carbons (Fsp3) is 0.160. The highest BCUT2D eigenvalue weighted by Gasteiger charge is 2.19. The zero-order valence-electron chi connectivity index (χ0n) is 18.9. The zero-order chi connectivity index (χ0) is 23.9. The molecule has 4 rings (SSSR count). The van der Waals surface area contributed by atoms with Crippen molar-refractivity contribution in [1.29, 1.82) is 0 Å². The van der Waals surface area contributed by atoms with Gasteiger partial charge in [-0.1, -0.05) is 18.2 Å². The number of para-hydroxylation sites is 1. The predicted octanol–water partition coefficient (Wildman–Crippen LogP) is 4.67. The molecule has 2 aromatic heterocycles. The Morgan fingerprint density at radius 2 is 1.62 bits per heavy atom. The molecule has 0 saturated heterocycles. The van der Waals surface area contributed by atoms with Gasteiger partial charge in [0.15, 0.2) is 5.65 Å². The lowest BCUT2D eigenvalue weighted by molar-refractivity contribution is 0.201. The fourth-order valence-corrected chi connectivity index (χ4v) is 3.29. The molecule has 4 aromatic rings. The van der Waals surface area contributed by atoms with Crippen molar-refractivity contribution < 1.29 is 14.3 Å². The molecule has 0 atom stereocenters. The first-order chi connectivity index (χ1) is 16.6.